The minimum Gasteiger partial charge on any atom is -0.479 e. The molecule has 9 heteroatoms. The minimum absolute atomic E-state index is 0.0124. The van der Waals surface area contributed by atoms with E-state index in [1.54, 1.807) is 45.9 Å². The van der Waals surface area contributed by atoms with Crippen LogP contribution in [0.1, 0.15) is 74.7 Å². The Labute approximate surface area is 245 Å². The molecule has 6 rings (SSSR count). The van der Waals surface area contributed by atoms with E-state index in [1.807, 2.05) is 27.7 Å². The Morgan fingerprint density at radius 2 is 1.67 bits per heavy atom. The standard InChI is InChI=1S/C33H38O9/c1-17(2)9-10-19-23(34)20-12-13-29(5,6)41-26(20)24(35)25(19)40-27(36)21-15-31(38)16-22-30(7,8)42-32(28(31)37,33(21,22)39)14-11-18(3)4/h9,11-13,15,22,38-39H,10,14,16H2,1-8H3/t22-,31-,32-,33+/m0/s1. The molecule has 0 aromatic rings. The topological polar surface area (TPSA) is 136 Å². The summed E-state index contributed by atoms with van der Waals surface area (Å²) in [4.78, 5) is 55.1. The zero-order chi connectivity index (χ0) is 31.2. The first-order valence-electron chi connectivity index (χ1n) is 14.2. The smallest absolute Gasteiger partial charge is 0.342 e. The van der Waals surface area contributed by atoms with Crippen LogP contribution in [0.3, 0.4) is 0 Å². The number of esters is 1. The summed E-state index contributed by atoms with van der Waals surface area (Å²) in [7, 11) is 0. The van der Waals surface area contributed by atoms with E-state index in [-0.39, 0.29) is 41.7 Å². The van der Waals surface area contributed by atoms with Gasteiger partial charge in [-0.15, -0.1) is 0 Å². The van der Waals surface area contributed by atoms with Crippen molar-refractivity contribution in [1.82, 2.24) is 0 Å². The van der Waals surface area contributed by atoms with Gasteiger partial charge < -0.3 is 24.4 Å². The van der Waals surface area contributed by atoms with Gasteiger partial charge in [0, 0.05) is 12.3 Å². The number of carbonyl (C=O) groups is 4. The summed E-state index contributed by atoms with van der Waals surface area (Å²) in [5.41, 5.74) is -6.83. The number of Topliss-reactive ketones (excluding diaryl/α,β-unsaturated/α-hetero) is 3. The number of carbonyl (C=O) groups excluding carboxylic acids is 4. The van der Waals surface area contributed by atoms with Gasteiger partial charge >= 0.3 is 5.97 Å². The second-order valence-electron chi connectivity index (χ2n) is 13.5. The van der Waals surface area contributed by atoms with Crippen LogP contribution in [0.5, 0.6) is 0 Å². The highest BCUT2D eigenvalue weighted by Gasteiger charge is 2.81. The van der Waals surface area contributed by atoms with Crippen LogP contribution >= 0.6 is 0 Å². The summed E-state index contributed by atoms with van der Waals surface area (Å²) >= 11 is 0. The van der Waals surface area contributed by atoms with Crippen molar-refractivity contribution in [2.24, 2.45) is 5.92 Å². The number of hydrogen-bond acceptors (Lipinski definition) is 9. The zero-order valence-electron chi connectivity index (χ0n) is 25.3. The molecule has 4 atom stereocenters. The summed E-state index contributed by atoms with van der Waals surface area (Å²) in [6, 6.07) is 0. The second-order valence-corrected chi connectivity index (χ2v) is 13.5. The maximum absolute atomic E-state index is 14.0. The van der Waals surface area contributed by atoms with Gasteiger partial charge in [0.05, 0.1) is 22.3 Å². The van der Waals surface area contributed by atoms with Crippen molar-refractivity contribution >= 4 is 23.3 Å². The van der Waals surface area contributed by atoms with Crippen molar-refractivity contribution in [1.29, 1.82) is 0 Å². The molecule has 9 nitrogen and oxygen atoms in total. The lowest BCUT2D eigenvalue weighted by atomic mass is 9.51. The van der Waals surface area contributed by atoms with Gasteiger partial charge in [0.15, 0.2) is 22.9 Å². The fourth-order valence-corrected chi connectivity index (χ4v) is 6.79. The molecule has 0 aromatic carbocycles. The Kier molecular flexibility index (Phi) is 6.66. The molecular weight excluding hydrogens is 540 g/mol. The lowest BCUT2D eigenvalue weighted by Gasteiger charge is -2.54. The molecule has 0 amide bonds. The molecule has 4 aliphatic carbocycles. The van der Waals surface area contributed by atoms with E-state index in [1.165, 1.54) is 6.08 Å². The molecule has 0 spiro atoms. The number of ether oxygens (including phenoxy) is 3. The zero-order valence-corrected chi connectivity index (χ0v) is 25.3. The molecule has 2 aliphatic heterocycles. The van der Waals surface area contributed by atoms with Crippen molar-refractivity contribution in [3.63, 3.8) is 0 Å². The average Bonchev–Trinajstić information content (AvgIpc) is 3.02. The fourth-order valence-electron chi connectivity index (χ4n) is 6.79. The molecule has 224 valence electrons. The lowest BCUT2D eigenvalue weighted by molar-refractivity contribution is -0.193. The van der Waals surface area contributed by atoms with Gasteiger partial charge in [0.2, 0.25) is 5.78 Å². The molecular formula is C33H38O9. The highest BCUT2D eigenvalue weighted by molar-refractivity contribution is 6.25. The van der Waals surface area contributed by atoms with Gasteiger partial charge in [-0.3, -0.25) is 14.4 Å². The Morgan fingerprint density at radius 3 is 2.29 bits per heavy atom. The Balaban J connectivity index is 1.62. The van der Waals surface area contributed by atoms with Gasteiger partial charge in [-0.1, -0.05) is 23.3 Å². The summed E-state index contributed by atoms with van der Waals surface area (Å²) in [5.74, 6) is -4.79. The first-order valence-corrected chi connectivity index (χ1v) is 14.2. The second kappa shape index (κ2) is 9.30. The molecule has 0 radical (unpaired) electrons. The highest BCUT2D eigenvalue weighted by Crippen LogP contribution is 2.65. The van der Waals surface area contributed by atoms with Crippen molar-refractivity contribution < 1.29 is 43.6 Å². The highest BCUT2D eigenvalue weighted by atomic mass is 16.6. The van der Waals surface area contributed by atoms with Crippen LogP contribution in [-0.4, -0.2) is 61.5 Å². The SMILES string of the molecule is CC(C)=CCC1=C(OC(=O)C2=C[C@]3(O)C[C@H]4C(C)(C)O[C@@](CC=C(C)C)(C3=O)[C@@]24O)C(=O)C2=C(C=CC(C)(C)O2)C1=O. The lowest BCUT2D eigenvalue weighted by Crippen LogP contribution is -2.74. The number of aliphatic hydroxyl groups is 2. The van der Waals surface area contributed by atoms with Crippen LogP contribution in [0.2, 0.25) is 0 Å². The Morgan fingerprint density at radius 1 is 1.02 bits per heavy atom. The fraction of sp³-hybridized carbons (Fsp3) is 0.515. The molecule has 0 unspecified atom stereocenters. The Hall–Kier alpha value is -3.40. The third-order valence-electron chi connectivity index (χ3n) is 8.86. The normalized spacial score (nSPS) is 33.7. The molecule has 42 heavy (non-hydrogen) atoms. The summed E-state index contributed by atoms with van der Waals surface area (Å²) in [6.45, 7) is 14.2. The monoisotopic (exact) mass is 578 g/mol. The van der Waals surface area contributed by atoms with Crippen LogP contribution in [0.15, 0.2) is 69.8 Å². The van der Waals surface area contributed by atoms with Crippen LogP contribution in [0.4, 0.5) is 0 Å². The maximum atomic E-state index is 14.0. The van der Waals surface area contributed by atoms with Crippen molar-refractivity contribution in [3.8, 4) is 0 Å². The van der Waals surface area contributed by atoms with Gasteiger partial charge in [0.25, 0.3) is 5.78 Å². The van der Waals surface area contributed by atoms with Crippen LogP contribution < -0.4 is 0 Å². The summed E-state index contributed by atoms with van der Waals surface area (Å²) in [5, 5.41) is 24.0. The van der Waals surface area contributed by atoms with Crippen LogP contribution in [0.25, 0.3) is 0 Å². The molecule has 2 heterocycles. The maximum Gasteiger partial charge on any atom is 0.342 e. The van der Waals surface area contributed by atoms with Gasteiger partial charge in [0.1, 0.15) is 16.8 Å². The number of allylic oxidation sites excluding steroid dienone is 6. The Bertz CT molecular complexity index is 1520. The molecule has 6 aliphatic rings. The summed E-state index contributed by atoms with van der Waals surface area (Å²) < 4.78 is 17.8. The predicted octanol–water partition coefficient (Wildman–Crippen LogP) is 3.81. The van der Waals surface area contributed by atoms with E-state index in [9.17, 15) is 29.4 Å². The third kappa shape index (κ3) is 4.16. The van der Waals surface area contributed by atoms with E-state index in [2.05, 4.69) is 0 Å². The van der Waals surface area contributed by atoms with E-state index in [0.29, 0.717) is 0 Å². The van der Waals surface area contributed by atoms with Crippen LogP contribution in [-0.2, 0) is 33.4 Å². The summed E-state index contributed by atoms with van der Waals surface area (Å²) in [6.07, 6.45) is 7.46. The molecule has 4 bridgehead atoms. The van der Waals surface area contributed by atoms with Gasteiger partial charge in [-0.05, 0) is 86.5 Å². The minimum atomic E-state index is -2.17. The third-order valence-corrected chi connectivity index (χ3v) is 8.86. The van der Waals surface area contributed by atoms with E-state index in [4.69, 9.17) is 14.2 Å². The number of ketones is 3. The molecule has 1 saturated heterocycles. The first kappa shape index (κ1) is 30.1. The van der Waals surface area contributed by atoms with Crippen molar-refractivity contribution in [3.05, 3.63) is 69.8 Å². The number of hydrogen-bond donors (Lipinski definition) is 2. The largest absolute Gasteiger partial charge is 0.479 e. The quantitative estimate of drug-likeness (QED) is 0.274. The van der Waals surface area contributed by atoms with Gasteiger partial charge in [-0.25, -0.2) is 4.79 Å². The van der Waals surface area contributed by atoms with E-state index >= 15 is 0 Å². The molecule has 1 saturated carbocycles. The van der Waals surface area contributed by atoms with E-state index in [0.717, 1.165) is 17.2 Å². The van der Waals surface area contributed by atoms with Crippen molar-refractivity contribution in [2.75, 3.05) is 0 Å². The number of rotatable bonds is 6. The van der Waals surface area contributed by atoms with Crippen molar-refractivity contribution in [2.45, 2.75) is 103 Å². The van der Waals surface area contributed by atoms with Crippen LogP contribution in [0, 0.1) is 5.92 Å². The molecule has 0 aromatic heterocycles. The first-order chi connectivity index (χ1) is 19.3. The average molecular weight is 579 g/mol. The van der Waals surface area contributed by atoms with Gasteiger partial charge in [-0.2, -0.15) is 0 Å². The molecule has 2 N–H and O–H groups in total. The van der Waals surface area contributed by atoms with E-state index < -0.39 is 63.0 Å². The molecule has 2 fully saturated rings. The predicted molar refractivity (Wildman–Crippen MR) is 152 cm³/mol.